The van der Waals surface area contributed by atoms with Gasteiger partial charge in [0.1, 0.15) is 6.10 Å². The summed E-state index contributed by atoms with van der Waals surface area (Å²) in [5, 5.41) is 0.154. The van der Waals surface area contributed by atoms with E-state index in [0.717, 1.165) is 25.9 Å². The van der Waals surface area contributed by atoms with Crippen LogP contribution in [0.3, 0.4) is 0 Å². The largest absolute Gasteiger partial charge is 0.411 e. The van der Waals surface area contributed by atoms with E-state index in [4.69, 9.17) is 27.5 Å². The molecule has 2 heterocycles. The zero-order chi connectivity index (χ0) is 26.5. The van der Waals surface area contributed by atoms with Crippen molar-refractivity contribution in [3.05, 3.63) is 35.9 Å². The molecule has 0 amide bonds. The maximum absolute atomic E-state index is 6.80. The first-order chi connectivity index (χ1) is 17.7. The van der Waals surface area contributed by atoms with Gasteiger partial charge in [0.25, 0.3) is 0 Å². The molecule has 2 saturated heterocycles. The van der Waals surface area contributed by atoms with Crippen molar-refractivity contribution in [2.45, 2.75) is 121 Å². The predicted octanol–water partition coefficient (Wildman–Crippen LogP) is 7.94. The Morgan fingerprint density at radius 3 is 2.24 bits per heavy atom. The number of rotatable bonds is 12. The average molecular weight is 553 g/mol. The first kappa shape index (κ1) is 29.6. The van der Waals surface area contributed by atoms with Crippen molar-refractivity contribution in [1.82, 2.24) is 0 Å². The van der Waals surface area contributed by atoms with Gasteiger partial charge < -0.3 is 27.5 Å². The summed E-state index contributed by atoms with van der Waals surface area (Å²) in [5.41, 5.74) is 1.21. The number of benzene rings is 1. The van der Waals surface area contributed by atoms with Crippen molar-refractivity contribution in [1.29, 1.82) is 0 Å². The molecule has 1 aromatic rings. The molecule has 37 heavy (non-hydrogen) atoms. The van der Waals surface area contributed by atoms with E-state index in [0.29, 0.717) is 19.1 Å². The summed E-state index contributed by atoms with van der Waals surface area (Å²) in [5.74, 6) is 0.485. The van der Waals surface area contributed by atoms with Crippen molar-refractivity contribution < 1.29 is 27.5 Å². The standard InChI is InChI=1S/C29H49O6PSi/c1-7-24-25(17-19-30-24)33-36(34-28(23-15-11-12-16-23)22-13-9-8-10-14-22)32-21-27-26(18-20-31-27)35-37(5,6)29(2,3)4/h8-10,13-14,23-28H,7,11-12,15-21H2,1-6H3/t24-,25?,26?,27-,28-,36-/m1/s1. The summed E-state index contributed by atoms with van der Waals surface area (Å²) >= 11 is 0. The minimum atomic E-state index is -1.91. The molecule has 0 aromatic heterocycles. The number of hydrogen-bond acceptors (Lipinski definition) is 6. The average Bonchev–Trinajstić information content (AvgIpc) is 3.63. The van der Waals surface area contributed by atoms with Gasteiger partial charge in [0.15, 0.2) is 8.32 Å². The Balaban J connectivity index is 1.46. The normalized spacial score (nSPS) is 29.1. The molecule has 0 radical (unpaired) electrons. The van der Waals surface area contributed by atoms with Crippen LogP contribution in [0.4, 0.5) is 0 Å². The van der Waals surface area contributed by atoms with Crippen LogP contribution in [0, 0.1) is 5.92 Å². The van der Waals surface area contributed by atoms with Gasteiger partial charge in [0.2, 0.25) is 0 Å². The first-order valence-electron chi connectivity index (χ1n) is 14.4. The van der Waals surface area contributed by atoms with E-state index >= 15 is 0 Å². The van der Waals surface area contributed by atoms with Crippen LogP contribution < -0.4 is 0 Å². The first-order valence-corrected chi connectivity index (χ1v) is 18.4. The molecule has 8 heteroatoms. The van der Waals surface area contributed by atoms with E-state index < -0.39 is 16.9 Å². The van der Waals surface area contributed by atoms with Crippen molar-refractivity contribution in [2.75, 3.05) is 19.8 Å². The topological polar surface area (TPSA) is 55.4 Å². The smallest absolute Gasteiger partial charge is 0.333 e. The van der Waals surface area contributed by atoms with E-state index in [1.807, 2.05) is 0 Å². The fourth-order valence-corrected chi connectivity index (χ4v) is 8.11. The molecule has 4 rings (SSSR count). The summed E-state index contributed by atoms with van der Waals surface area (Å²) in [6.07, 6.45) is 7.60. The minimum absolute atomic E-state index is 0.000104. The third kappa shape index (κ3) is 7.85. The Bertz CT molecular complexity index is 812. The van der Waals surface area contributed by atoms with Crippen LogP contribution >= 0.6 is 8.60 Å². The second-order valence-electron chi connectivity index (χ2n) is 12.4. The maximum Gasteiger partial charge on any atom is 0.333 e. The van der Waals surface area contributed by atoms with Crippen molar-refractivity contribution in [3.8, 4) is 0 Å². The van der Waals surface area contributed by atoms with Gasteiger partial charge >= 0.3 is 8.60 Å². The van der Waals surface area contributed by atoms with E-state index in [1.165, 1.54) is 31.2 Å². The summed E-state index contributed by atoms with van der Waals surface area (Å²) in [6.45, 7) is 15.4. The summed E-state index contributed by atoms with van der Waals surface area (Å²) in [6, 6.07) is 10.6. The van der Waals surface area contributed by atoms with E-state index in [1.54, 1.807) is 0 Å². The highest BCUT2D eigenvalue weighted by atomic mass is 31.2. The van der Waals surface area contributed by atoms with Gasteiger partial charge in [0.05, 0.1) is 31.0 Å². The van der Waals surface area contributed by atoms with Crippen LogP contribution in [0.2, 0.25) is 18.1 Å². The predicted molar refractivity (Wildman–Crippen MR) is 151 cm³/mol. The van der Waals surface area contributed by atoms with Crippen molar-refractivity contribution in [3.63, 3.8) is 0 Å². The molecule has 0 N–H and O–H groups in total. The Morgan fingerprint density at radius 1 is 0.946 bits per heavy atom. The quantitative estimate of drug-likeness (QED) is 0.194. The molecule has 1 aromatic carbocycles. The zero-order valence-corrected chi connectivity index (χ0v) is 25.7. The van der Waals surface area contributed by atoms with Gasteiger partial charge in [-0.3, -0.25) is 0 Å². The fourth-order valence-electron chi connectivity index (χ4n) is 5.35. The Hall–Kier alpha value is -0.373. The van der Waals surface area contributed by atoms with Gasteiger partial charge in [-0.1, -0.05) is 70.9 Å². The molecule has 3 fully saturated rings. The lowest BCUT2D eigenvalue weighted by Crippen LogP contribution is -2.46. The van der Waals surface area contributed by atoms with Crippen LogP contribution in [0.1, 0.15) is 84.3 Å². The number of hydrogen-bond donors (Lipinski definition) is 0. The van der Waals surface area contributed by atoms with Gasteiger partial charge in [-0.05, 0) is 55.3 Å². The zero-order valence-electron chi connectivity index (χ0n) is 23.8. The van der Waals surface area contributed by atoms with E-state index in [-0.39, 0.29) is 35.6 Å². The van der Waals surface area contributed by atoms with E-state index in [9.17, 15) is 0 Å². The Labute approximate surface area is 227 Å². The lowest BCUT2D eigenvalue weighted by molar-refractivity contribution is -0.0107. The lowest BCUT2D eigenvalue weighted by Gasteiger charge is -2.39. The number of ether oxygens (including phenoxy) is 2. The highest BCUT2D eigenvalue weighted by Crippen LogP contribution is 2.52. The molecule has 2 aliphatic heterocycles. The molecule has 3 aliphatic rings. The Kier molecular flexibility index (Phi) is 10.7. The van der Waals surface area contributed by atoms with Crippen LogP contribution in [-0.2, 0) is 27.5 Å². The Morgan fingerprint density at radius 2 is 1.59 bits per heavy atom. The second kappa shape index (κ2) is 13.3. The monoisotopic (exact) mass is 552 g/mol. The minimum Gasteiger partial charge on any atom is -0.411 e. The molecule has 1 saturated carbocycles. The van der Waals surface area contributed by atoms with Gasteiger partial charge in [-0.2, -0.15) is 0 Å². The fraction of sp³-hybridized carbons (Fsp3) is 0.793. The maximum atomic E-state index is 6.80. The SMILES string of the molecule is CC[C@H]1OCCC1O[P@@](OC[C@H]1OCCC1O[Si](C)(C)C(C)(C)C)O[C@H](c1ccccc1)C1CCCC1. The molecule has 6 nitrogen and oxygen atoms in total. The van der Waals surface area contributed by atoms with Crippen LogP contribution in [0.5, 0.6) is 0 Å². The molecule has 1 aliphatic carbocycles. The van der Waals surface area contributed by atoms with Gasteiger partial charge in [-0.15, -0.1) is 0 Å². The highest BCUT2D eigenvalue weighted by Gasteiger charge is 2.43. The highest BCUT2D eigenvalue weighted by molar-refractivity contribution is 7.41. The molecular formula is C29H49O6PSi. The summed E-state index contributed by atoms with van der Waals surface area (Å²) < 4.78 is 38.7. The molecule has 2 unspecified atom stereocenters. The molecule has 210 valence electrons. The van der Waals surface area contributed by atoms with Crippen LogP contribution in [0.25, 0.3) is 0 Å². The molecule has 0 bridgehead atoms. The summed E-state index contributed by atoms with van der Waals surface area (Å²) in [7, 11) is -3.49. The van der Waals surface area contributed by atoms with Gasteiger partial charge in [-0.25, -0.2) is 0 Å². The van der Waals surface area contributed by atoms with Crippen molar-refractivity contribution in [2.24, 2.45) is 5.92 Å². The lowest BCUT2D eigenvalue weighted by atomic mass is 9.95. The third-order valence-electron chi connectivity index (χ3n) is 8.67. The van der Waals surface area contributed by atoms with Crippen molar-refractivity contribution >= 4 is 16.9 Å². The van der Waals surface area contributed by atoms with Gasteiger partial charge in [0, 0.05) is 19.6 Å². The molecule has 6 atom stereocenters. The second-order valence-corrected chi connectivity index (χ2v) is 18.2. The molecular weight excluding hydrogens is 503 g/mol. The van der Waals surface area contributed by atoms with Crippen LogP contribution in [0.15, 0.2) is 30.3 Å². The van der Waals surface area contributed by atoms with Crippen LogP contribution in [-0.4, -0.2) is 52.6 Å². The van der Waals surface area contributed by atoms with E-state index in [2.05, 4.69) is 71.1 Å². The summed E-state index contributed by atoms with van der Waals surface area (Å²) in [4.78, 5) is 0. The third-order valence-corrected chi connectivity index (χ3v) is 14.4. The molecule has 0 spiro atoms.